The summed E-state index contributed by atoms with van der Waals surface area (Å²) in [5.41, 5.74) is 0.792. The molecule has 0 aromatic heterocycles. The summed E-state index contributed by atoms with van der Waals surface area (Å²) in [5.74, 6) is -1.52. The van der Waals surface area contributed by atoms with Crippen molar-refractivity contribution >= 4 is 11.9 Å². The summed E-state index contributed by atoms with van der Waals surface area (Å²) in [6.07, 6.45) is 0.776. The Kier molecular flexibility index (Phi) is 6.66. The molecule has 6 heteroatoms. The van der Waals surface area contributed by atoms with Crippen molar-refractivity contribution in [1.82, 2.24) is 10.2 Å². The number of benzene rings is 1. The van der Waals surface area contributed by atoms with Crippen LogP contribution < -0.4 is 5.32 Å². The zero-order chi connectivity index (χ0) is 15.0. The van der Waals surface area contributed by atoms with E-state index in [0.29, 0.717) is 13.1 Å². The Morgan fingerprint density at radius 2 is 1.90 bits per heavy atom. The molecule has 0 aliphatic carbocycles. The Bertz CT molecular complexity index is 448. The molecule has 5 nitrogen and oxygen atoms in total. The second-order valence-electron chi connectivity index (χ2n) is 4.51. The number of rotatable bonds is 8. The highest BCUT2D eigenvalue weighted by atomic mass is 19.1. The van der Waals surface area contributed by atoms with Crippen LogP contribution in [0.15, 0.2) is 24.3 Å². The van der Waals surface area contributed by atoms with E-state index in [-0.39, 0.29) is 24.8 Å². The van der Waals surface area contributed by atoms with Crippen molar-refractivity contribution in [1.29, 1.82) is 0 Å². The topological polar surface area (TPSA) is 69.6 Å². The number of nitrogens with zero attached hydrogens (tertiary/aromatic N) is 1. The molecule has 0 saturated carbocycles. The number of aliphatic carboxylic acids is 1. The van der Waals surface area contributed by atoms with Gasteiger partial charge in [0.2, 0.25) is 5.91 Å². The smallest absolute Gasteiger partial charge is 0.317 e. The van der Waals surface area contributed by atoms with Crippen LogP contribution in [-0.4, -0.2) is 41.5 Å². The number of carbonyl (C=O) groups excluding carboxylic acids is 1. The minimum absolute atomic E-state index is 0.0430. The van der Waals surface area contributed by atoms with Crippen LogP contribution in [0.4, 0.5) is 4.39 Å². The molecule has 0 aliphatic rings. The lowest BCUT2D eigenvalue weighted by Gasteiger charge is -2.18. The first-order chi connectivity index (χ1) is 9.51. The molecule has 1 rings (SSSR count). The first kappa shape index (κ1) is 16.1. The summed E-state index contributed by atoms with van der Waals surface area (Å²) < 4.78 is 12.7. The number of amides is 1. The van der Waals surface area contributed by atoms with Crippen molar-refractivity contribution in [2.75, 3.05) is 19.6 Å². The van der Waals surface area contributed by atoms with Crippen LogP contribution in [0.25, 0.3) is 0 Å². The van der Waals surface area contributed by atoms with E-state index >= 15 is 0 Å². The number of carboxylic acids is 1. The Labute approximate surface area is 117 Å². The first-order valence-corrected chi connectivity index (χ1v) is 6.46. The lowest BCUT2D eigenvalue weighted by atomic mass is 10.2. The minimum Gasteiger partial charge on any atom is -0.480 e. The van der Waals surface area contributed by atoms with Crippen molar-refractivity contribution < 1.29 is 19.1 Å². The summed E-state index contributed by atoms with van der Waals surface area (Å²) in [6, 6.07) is 5.85. The van der Waals surface area contributed by atoms with Crippen molar-refractivity contribution in [3.8, 4) is 0 Å². The van der Waals surface area contributed by atoms with E-state index in [1.165, 1.54) is 12.1 Å². The summed E-state index contributed by atoms with van der Waals surface area (Å²) in [5, 5.41) is 11.4. The van der Waals surface area contributed by atoms with Gasteiger partial charge in [-0.2, -0.15) is 0 Å². The summed E-state index contributed by atoms with van der Waals surface area (Å²) in [6.45, 7) is 2.66. The minimum atomic E-state index is -0.954. The van der Waals surface area contributed by atoms with Crippen LogP contribution in [0.5, 0.6) is 0 Å². The van der Waals surface area contributed by atoms with Gasteiger partial charge < -0.3 is 10.4 Å². The van der Waals surface area contributed by atoms with Crippen LogP contribution in [0.2, 0.25) is 0 Å². The lowest BCUT2D eigenvalue weighted by molar-refractivity contribution is -0.138. The molecular formula is C14H19FN2O3. The zero-order valence-corrected chi connectivity index (χ0v) is 11.4. The van der Waals surface area contributed by atoms with Gasteiger partial charge in [0.25, 0.3) is 0 Å². The molecule has 0 unspecified atom stereocenters. The Morgan fingerprint density at radius 3 is 2.45 bits per heavy atom. The van der Waals surface area contributed by atoms with Crippen LogP contribution >= 0.6 is 0 Å². The second kappa shape index (κ2) is 8.27. The SMILES string of the molecule is CCCN(CC(=O)O)CC(=O)NCc1ccc(F)cc1. The number of carbonyl (C=O) groups is 2. The molecule has 0 spiro atoms. The fraction of sp³-hybridized carbons (Fsp3) is 0.429. The highest BCUT2D eigenvalue weighted by molar-refractivity contribution is 5.79. The highest BCUT2D eigenvalue weighted by Gasteiger charge is 2.12. The number of nitrogens with one attached hydrogen (secondary N) is 1. The lowest BCUT2D eigenvalue weighted by Crippen LogP contribution is -2.39. The molecule has 2 N–H and O–H groups in total. The monoisotopic (exact) mass is 282 g/mol. The molecule has 0 heterocycles. The Balaban J connectivity index is 2.41. The third kappa shape index (κ3) is 6.29. The van der Waals surface area contributed by atoms with Crippen LogP contribution in [-0.2, 0) is 16.1 Å². The van der Waals surface area contributed by atoms with E-state index in [1.54, 1.807) is 17.0 Å². The second-order valence-corrected chi connectivity index (χ2v) is 4.51. The molecule has 0 bridgehead atoms. The maximum Gasteiger partial charge on any atom is 0.317 e. The molecule has 0 atom stereocenters. The average molecular weight is 282 g/mol. The normalized spacial score (nSPS) is 10.6. The molecule has 0 saturated heterocycles. The van der Waals surface area contributed by atoms with Crippen molar-refractivity contribution in [3.63, 3.8) is 0 Å². The van der Waals surface area contributed by atoms with Crippen LogP contribution in [0.1, 0.15) is 18.9 Å². The molecule has 1 aromatic carbocycles. The van der Waals surface area contributed by atoms with Gasteiger partial charge in [0.05, 0.1) is 13.1 Å². The third-order valence-corrected chi connectivity index (χ3v) is 2.67. The zero-order valence-electron chi connectivity index (χ0n) is 11.4. The van der Waals surface area contributed by atoms with E-state index in [4.69, 9.17) is 5.11 Å². The molecule has 20 heavy (non-hydrogen) atoms. The van der Waals surface area contributed by atoms with Gasteiger partial charge >= 0.3 is 5.97 Å². The van der Waals surface area contributed by atoms with Crippen LogP contribution in [0.3, 0.4) is 0 Å². The largest absolute Gasteiger partial charge is 0.480 e. The van der Waals surface area contributed by atoms with Gasteiger partial charge in [0, 0.05) is 6.54 Å². The Morgan fingerprint density at radius 1 is 1.25 bits per heavy atom. The molecule has 1 amide bonds. The molecular weight excluding hydrogens is 263 g/mol. The Hall–Kier alpha value is -1.95. The predicted octanol–water partition coefficient (Wildman–Crippen LogP) is 1.24. The van der Waals surface area contributed by atoms with Gasteiger partial charge in [-0.25, -0.2) is 4.39 Å². The maximum atomic E-state index is 12.7. The van der Waals surface area contributed by atoms with Gasteiger partial charge in [-0.05, 0) is 30.7 Å². The molecule has 0 radical (unpaired) electrons. The van der Waals surface area contributed by atoms with Crippen molar-refractivity contribution in [2.24, 2.45) is 0 Å². The van der Waals surface area contributed by atoms with Gasteiger partial charge in [-0.3, -0.25) is 14.5 Å². The van der Waals surface area contributed by atoms with Gasteiger partial charge in [-0.15, -0.1) is 0 Å². The number of hydrogen-bond acceptors (Lipinski definition) is 3. The number of halogens is 1. The third-order valence-electron chi connectivity index (χ3n) is 2.67. The summed E-state index contributed by atoms with van der Waals surface area (Å²) in [7, 11) is 0. The van der Waals surface area contributed by atoms with E-state index < -0.39 is 5.97 Å². The molecule has 1 aromatic rings. The van der Waals surface area contributed by atoms with E-state index in [2.05, 4.69) is 5.32 Å². The molecule has 0 aliphatic heterocycles. The van der Waals surface area contributed by atoms with E-state index in [9.17, 15) is 14.0 Å². The van der Waals surface area contributed by atoms with E-state index in [1.807, 2.05) is 6.92 Å². The first-order valence-electron chi connectivity index (χ1n) is 6.46. The predicted molar refractivity (Wildman–Crippen MR) is 72.6 cm³/mol. The molecule has 110 valence electrons. The van der Waals surface area contributed by atoms with Gasteiger partial charge in [-0.1, -0.05) is 19.1 Å². The average Bonchev–Trinajstić information content (AvgIpc) is 2.37. The van der Waals surface area contributed by atoms with Crippen LogP contribution in [0, 0.1) is 5.82 Å². The van der Waals surface area contributed by atoms with E-state index in [0.717, 1.165) is 12.0 Å². The number of carboxylic acid groups (broad SMARTS) is 1. The van der Waals surface area contributed by atoms with Gasteiger partial charge in [0.15, 0.2) is 0 Å². The van der Waals surface area contributed by atoms with Gasteiger partial charge in [0.1, 0.15) is 5.82 Å². The quantitative estimate of drug-likeness (QED) is 0.752. The summed E-state index contributed by atoms with van der Waals surface area (Å²) in [4.78, 5) is 24.0. The maximum absolute atomic E-state index is 12.7. The fourth-order valence-electron chi connectivity index (χ4n) is 1.78. The van der Waals surface area contributed by atoms with Crippen molar-refractivity contribution in [3.05, 3.63) is 35.6 Å². The number of hydrogen-bond donors (Lipinski definition) is 2. The standard InChI is InChI=1S/C14H19FN2O3/c1-2-7-17(10-14(19)20)9-13(18)16-8-11-3-5-12(15)6-4-11/h3-6H,2,7-10H2,1H3,(H,16,18)(H,19,20). The van der Waals surface area contributed by atoms with Crippen molar-refractivity contribution in [2.45, 2.75) is 19.9 Å². The highest BCUT2D eigenvalue weighted by Crippen LogP contribution is 2.02. The fourth-order valence-corrected chi connectivity index (χ4v) is 1.78. The molecule has 0 fully saturated rings. The summed E-state index contributed by atoms with van der Waals surface area (Å²) >= 11 is 0.